The fraction of sp³-hybridized carbons (Fsp3) is 0.636. The lowest BCUT2D eigenvalue weighted by atomic mass is 10.2. The van der Waals surface area contributed by atoms with Gasteiger partial charge in [0, 0.05) is 31.5 Å². The number of amides is 1. The van der Waals surface area contributed by atoms with Gasteiger partial charge in [0.05, 0.1) is 18.3 Å². The molecule has 1 aliphatic heterocycles. The van der Waals surface area contributed by atoms with Crippen LogP contribution < -0.4 is 10.6 Å². The first-order valence-electron chi connectivity index (χ1n) is 5.73. The summed E-state index contributed by atoms with van der Waals surface area (Å²) >= 11 is 0. The minimum absolute atomic E-state index is 0.0187. The molecule has 2 heterocycles. The average Bonchev–Trinajstić information content (AvgIpc) is 2.94. The topological polar surface area (TPSA) is 79.0 Å². The van der Waals surface area contributed by atoms with E-state index in [0.717, 1.165) is 24.2 Å². The third-order valence-corrected chi connectivity index (χ3v) is 3.13. The van der Waals surface area contributed by atoms with Crippen LogP contribution in [0.2, 0.25) is 0 Å². The molecule has 0 bridgehead atoms. The van der Waals surface area contributed by atoms with Gasteiger partial charge in [-0.25, -0.2) is 0 Å². The predicted molar refractivity (Wildman–Crippen MR) is 62.4 cm³/mol. The van der Waals surface area contributed by atoms with Gasteiger partial charge in [-0.1, -0.05) is 0 Å². The zero-order chi connectivity index (χ0) is 12.3. The molecular formula is C11H18N4O2. The van der Waals surface area contributed by atoms with Crippen LogP contribution in [0, 0.1) is 6.92 Å². The van der Waals surface area contributed by atoms with Gasteiger partial charge in [0.2, 0.25) is 5.91 Å². The zero-order valence-corrected chi connectivity index (χ0v) is 10.1. The Morgan fingerprint density at radius 3 is 3.12 bits per heavy atom. The van der Waals surface area contributed by atoms with Crippen molar-refractivity contribution in [2.45, 2.75) is 32.0 Å². The Morgan fingerprint density at radius 1 is 1.71 bits per heavy atom. The Kier molecular flexibility index (Phi) is 3.75. The van der Waals surface area contributed by atoms with Crippen molar-refractivity contribution in [3.63, 3.8) is 0 Å². The molecule has 17 heavy (non-hydrogen) atoms. The first kappa shape index (κ1) is 12.1. The molecule has 2 rings (SSSR count). The van der Waals surface area contributed by atoms with Crippen LogP contribution in [0.3, 0.4) is 0 Å². The number of H-pyrrole nitrogens is 1. The van der Waals surface area contributed by atoms with Gasteiger partial charge in [0.15, 0.2) is 0 Å². The second-order valence-corrected chi connectivity index (χ2v) is 4.29. The lowest BCUT2D eigenvalue weighted by Gasteiger charge is -2.10. The SMILES string of the molecule is COC1CNC(C(=O)NCc2cn[nH]c2C)C1. The smallest absolute Gasteiger partial charge is 0.237 e. The Morgan fingerprint density at radius 2 is 2.53 bits per heavy atom. The molecule has 1 aromatic rings. The van der Waals surface area contributed by atoms with Crippen LogP contribution in [0.4, 0.5) is 0 Å². The number of aromatic nitrogens is 2. The second-order valence-electron chi connectivity index (χ2n) is 4.29. The van der Waals surface area contributed by atoms with Crippen molar-refractivity contribution in [3.05, 3.63) is 17.5 Å². The quantitative estimate of drug-likeness (QED) is 0.673. The number of nitrogens with zero attached hydrogens (tertiary/aromatic N) is 1. The first-order chi connectivity index (χ1) is 8.20. The van der Waals surface area contributed by atoms with Crippen molar-refractivity contribution in [3.8, 4) is 0 Å². The Hall–Kier alpha value is -1.40. The van der Waals surface area contributed by atoms with Crippen molar-refractivity contribution in [2.24, 2.45) is 0 Å². The second kappa shape index (κ2) is 5.29. The first-order valence-corrected chi connectivity index (χ1v) is 5.73. The number of hydrogen-bond donors (Lipinski definition) is 3. The van der Waals surface area contributed by atoms with Crippen LogP contribution >= 0.6 is 0 Å². The fourth-order valence-electron chi connectivity index (χ4n) is 1.94. The van der Waals surface area contributed by atoms with Crippen molar-refractivity contribution in [1.29, 1.82) is 0 Å². The third kappa shape index (κ3) is 2.83. The van der Waals surface area contributed by atoms with E-state index in [4.69, 9.17) is 4.74 Å². The Bertz CT molecular complexity index is 391. The van der Waals surface area contributed by atoms with E-state index in [-0.39, 0.29) is 18.1 Å². The van der Waals surface area contributed by atoms with E-state index in [0.29, 0.717) is 6.54 Å². The Balaban J connectivity index is 1.80. The summed E-state index contributed by atoms with van der Waals surface area (Å²) in [7, 11) is 1.67. The molecule has 1 fully saturated rings. The van der Waals surface area contributed by atoms with Gasteiger partial charge >= 0.3 is 0 Å². The molecule has 0 aliphatic carbocycles. The number of aryl methyl sites for hydroxylation is 1. The van der Waals surface area contributed by atoms with Gasteiger partial charge in [-0.05, 0) is 13.3 Å². The van der Waals surface area contributed by atoms with Crippen LogP contribution in [0.25, 0.3) is 0 Å². The lowest BCUT2D eigenvalue weighted by molar-refractivity contribution is -0.123. The van der Waals surface area contributed by atoms with E-state index in [1.807, 2.05) is 6.92 Å². The summed E-state index contributed by atoms with van der Waals surface area (Å²) < 4.78 is 5.20. The molecule has 0 spiro atoms. The van der Waals surface area contributed by atoms with E-state index in [1.54, 1.807) is 13.3 Å². The summed E-state index contributed by atoms with van der Waals surface area (Å²) in [5.74, 6) is 0.0187. The highest BCUT2D eigenvalue weighted by Gasteiger charge is 2.28. The van der Waals surface area contributed by atoms with Crippen molar-refractivity contribution < 1.29 is 9.53 Å². The van der Waals surface area contributed by atoms with Gasteiger partial charge in [-0.15, -0.1) is 0 Å². The number of hydrogen-bond acceptors (Lipinski definition) is 4. The normalized spacial score (nSPS) is 23.9. The summed E-state index contributed by atoms with van der Waals surface area (Å²) in [6.07, 6.45) is 2.60. The van der Waals surface area contributed by atoms with Crippen LogP contribution in [0.5, 0.6) is 0 Å². The van der Waals surface area contributed by atoms with Gasteiger partial charge in [0.1, 0.15) is 0 Å². The molecule has 1 saturated heterocycles. The maximum atomic E-state index is 11.9. The number of ether oxygens (including phenoxy) is 1. The molecule has 2 unspecified atom stereocenters. The summed E-state index contributed by atoms with van der Waals surface area (Å²) in [6.45, 7) is 3.18. The van der Waals surface area contributed by atoms with E-state index in [1.165, 1.54) is 0 Å². The third-order valence-electron chi connectivity index (χ3n) is 3.13. The summed E-state index contributed by atoms with van der Waals surface area (Å²) in [5.41, 5.74) is 2.00. The number of aromatic amines is 1. The molecule has 1 amide bonds. The molecule has 6 heteroatoms. The van der Waals surface area contributed by atoms with Crippen LogP contribution in [-0.4, -0.2) is 41.9 Å². The van der Waals surface area contributed by atoms with E-state index >= 15 is 0 Å². The van der Waals surface area contributed by atoms with Crippen LogP contribution in [0.1, 0.15) is 17.7 Å². The largest absolute Gasteiger partial charge is 0.380 e. The van der Waals surface area contributed by atoms with Gasteiger partial charge in [0.25, 0.3) is 0 Å². The highest BCUT2D eigenvalue weighted by molar-refractivity contribution is 5.82. The highest BCUT2D eigenvalue weighted by Crippen LogP contribution is 2.10. The minimum Gasteiger partial charge on any atom is -0.380 e. The molecule has 2 atom stereocenters. The highest BCUT2D eigenvalue weighted by atomic mass is 16.5. The van der Waals surface area contributed by atoms with Crippen molar-refractivity contribution in [1.82, 2.24) is 20.8 Å². The standard InChI is InChI=1S/C11H18N4O2/c1-7-8(5-14-15-7)4-13-11(16)10-3-9(17-2)6-12-10/h5,9-10,12H,3-4,6H2,1-2H3,(H,13,16)(H,14,15). The molecule has 0 radical (unpaired) electrons. The maximum absolute atomic E-state index is 11.9. The van der Waals surface area contributed by atoms with E-state index < -0.39 is 0 Å². The van der Waals surface area contributed by atoms with Gasteiger partial charge in [-0.3, -0.25) is 9.89 Å². The molecular weight excluding hydrogens is 220 g/mol. The number of methoxy groups -OCH3 is 1. The predicted octanol–water partition coefficient (Wildman–Crippen LogP) is -0.289. The molecule has 0 aromatic carbocycles. The summed E-state index contributed by atoms with van der Waals surface area (Å²) in [4.78, 5) is 11.9. The minimum atomic E-state index is -0.146. The van der Waals surface area contributed by atoms with E-state index in [2.05, 4.69) is 20.8 Å². The average molecular weight is 238 g/mol. The van der Waals surface area contributed by atoms with Crippen molar-refractivity contribution in [2.75, 3.05) is 13.7 Å². The molecule has 3 N–H and O–H groups in total. The van der Waals surface area contributed by atoms with Crippen LogP contribution in [-0.2, 0) is 16.1 Å². The molecule has 0 saturated carbocycles. The molecule has 94 valence electrons. The molecule has 6 nitrogen and oxygen atoms in total. The number of nitrogens with one attached hydrogen (secondary N) is 3. The van der Waals surface area contributed by atoms with Crippen LogP contribution in [0.15, 0.2) is 6.20 Å². The number of carbonyl (C=O) groups is 1. The van der Waals surface area contributed by atoms with E-state index in [9.17, 15) is 4.79 Å². The number of carbonyl (C=O) groups excluding carboxylic acids is 1. The lowest BCUT2D eigenvalue weighted by Crippen LogP contribution is -2.40. The van der Waals surface area contributed by atoms with Crippen molar-refractivity contribution >= 4 is 5.91 Å². The molecule has 1 aliphatic rings. The maximum Gasteiger partial charge on any atom is 0.237 e. The molecule has 1 aromatic heterocycles. The fourth-order valence-corrected chi connectivity index (χ4v) is 1.94. The van der Waals surface area contributed by atoms with Gasteiger partial charge < -0.3 is 15.4 Å². The number of rotatable bonds is 4. The van der Waals surface area contributed by atoms with Gasteiger partial charge in [-0.2, -0.15) is 5.10 Å². The Labute approximate surface area is 100 Å². The summed E-state index contributed by atoms with van der Waals surface area (Å²) in [6, 6.07) is -0.146. The summed E-state index contributed by atoms with van der Waals surface area (Å²) in [5, 5.41) is 12.8. The zero-order valence-electron chi connectivity index (χ0n) is 10.1. The monoisotopic (exact) mass is 238 g/mol.